The first kappa shape index (κ1) is 21.2. The normalized spacial score (nSPS) is 19.5. The van der Waals surface area contributed by atoms with Gasteiger partial charge in [0.1, 0.15) is 5.75 Å². The molecule has 0 radical (unpaired) electrons. The molecule has 0 aliphatic carbocycles. The molecule has 0 unspecified atom stereocenters. The lowest BCUT2D eigenvalue weighted by Crippen LogP contribution is -2.43. The van der Waals surface area contributed by atoms with Gasteiger partial charge in [-0.05, 0) is 69.7 Å². The first-order valence-electron chi connectivity index (χ1n) is 10.2. The number of likely N-dealkylation sites (tertiary alicyclic amines) is 1. The van der Waals surface area contributed by atoms with Gasteiger partial charge in [0.05, 0.1) is 28.4 Å². The van der Waals surface area contributed by atoms with E-state index in [0.29, 0.717) is 11.3 Å². The highest BCUT2D eigenvalue weighted by Gasteiger charge is 2.38. The Kier molecular flexibility index (Phi) is 6.32. The Labute approximate surface area is 185 Å². The van der Waals surface area contributed by atoms with E-state index in [1.807, 2.05) is 49.0 Å². The van der Waals surface area contributed by atoms with Crippen LogP contribution < -0.4 is 10.1 Å². The molecule has 0 saturated carbocycles. The van der Waals surface area contributed by atoms with Crippen molar-refractivity contribution in [2.24, 2.45) is 0 Å². The van der Waals surface area contributed by atoms with Crippen LogP contribution in [0.25, 0.3) is 10.2 Å². The Morgan fingerprint density at radius 3 is 2.73 bits per heavy atom. The van der Waals surface area contributed by atoms with Crippen molar-refractivity contribution in [3.63, 3.8) is 0 Å². The minimum absolute atomic E-state index is 0.0628. The second-order valence-electron chi connectivity index (χ2n) is 7.86. The fourth-order valence-electron chi connectivity index (χ4n) is 3.93. The lowest BCUT2D eigenvalue weighted by molar-refractivity contribution is -0.120. The van der Waals surface area contributed by atoms with Gasteiger partial charge in [-0.15, -0.1) is 23.1 Å². The summed E-state index contributed by atoms with van der Waals surface area (Å²) in [4.78, 5) is 21.2. The Morgan fingerprint density at radius 2 is 2.03 bits per heavy atom. The fourth-order valence-corrected chi connectivity index (χ4v) is 5.94. The number of aromatic nitrogens is 1. The Morgan fingerprint density at radius 1 is 1.27 bits per heavy atom. The number of nitrogens with one attached hydrogen (secondary N) is 1. The maximum absolute atomic E-state index is 13.2. The third-order valence-corrected chi connectivity index (χ3v) is 7.56. The summed E-state index contributed by atoms with van der Waals surface area (Å²) in [6.45, 7) is 7.22. The standard InChI is InChI=1S/C23H27N3O2S2/c1-14(2)26-13-19(30-18-8-6-17(28-4)7-9-18)12-21(26)23(27)25-16-5-10-22-20(11-16)24-15(3)29-22/h5-11,14,19,21H,12-13H2,1-4H3,(H,25,27)/t19-,21+/m1/s1. The van der Waals surface area contributed by atoms with Crippen molar-refractivity contribution in [3.8, 4) is 5.75 Å². The summed E-state index contributed by atoms with van der Waals surface area (Å²) in [5.74, 6) is 0.923. The number of benzene rings is 2. The Hall–Kier alpha value is -2.09. The topological polar surface area (TPSA) is 54.5 Å². The van der Waals surface area contributed by atoms with Crippen molar-refractivity contribution in [2.75, 3.05) is 19.0 Å². The number of hydrogen-bond acceptors (Lipinski definition) is 6. The molecule has 158 valence electrons. The van der Waals surface area contributed by atoms with Gasteiger partial charge in [-0.1, -0.05) is 0 Å². The van der Waals surface area contributed by atoms with E-state index in [1.54, 1.807) is 18.4 Å². The van der Waals surface area contributed by atoms with Crippen molar-refractivity contribution in [1.82, 2.24) is 9.88 Å². The molecule has 1 aliphatic heterocycles. The summed E-state index contributed by atoms with van der Waals surface area (Å²) < 4.78 is 6.39. The van der Waals surface area contributed by atoms with Crippen LogP contribution in [-0.4, -0.2) is 46.8 Å². The van der Waals surface area contributed by atoms with Crippen LogP contribution in [0.4, 0.5) is 5.69 Å². The number of thiazole rings is 1. The molecule has 1 aromatic heterocycles. The molecule has 1 aliphatic rings. The maximum Gasteiger partial charge on any atom is 0.241 e. The highest BCUT2D eigenvalue weighted by Crippen LogP contribution is 2.35. The number of amides is 1. The molecule has 1 saturated heterocycles. The number of nitrogens with zero attached hydrogens (tertiary/aromatic N) is 2. The molecule has 4 rings (SSSR count). The van der Waals surface area contributed by atoms with Crippen LogP contribution in [0.1, 0.15) is 25.3 Å². The molecule has 0 bridgehead atoms. The Bertz CT molecular complexity index is 1030. The number of carbonyl (C=O) groups excluding carboxylic acids is 1. The van der Waals surface area contributed by atoms with Crippen LogP contribution >= 0.6 is 23.1 Å². The van der Waals surface area contributed by atoms with Crippen LogP contribution in [0.5, 0.6) is 5.75 Å². The van der Waals surface area contributed by atoms with Gasteiger partial charge in [-0.3, -0.25) is 9.69 Å². The molecule has 0 spiro atoms. The Balaban J connectivity index is 1.45. The summed E-state index contributed by atoms with van der Waals surface area (Å²) in [5, 5.41) is 4.54. The van der Waals surface area contributed by atoms with Gasteiger partial charge < -0.3 is 10.1 Å². The summed E-state index contributed by atoms with van der Waals surface area (Å²) in [5.41, 5.74) is 1.75. The van der Waals surface area contributed by atoms with Gasteiger partial charge in [0.15, 0.2) is 0 Å². The number of thioether (sulfide) groups is 1. The molecular weight excluding hydrogens is 414 g/mol. The molecule has 5 nitrogen and oxygen atoms in total. The number of aryl methyl sites for hydroxylation is 1. The van der Waals surface area contributed by atoms with E-state index >= 15 is 0 Å². The van der Waals surface area contributed by atoms with Crippen molar-refractivity contribution in [1.29, 1.82) is 0 Å². The third kappa shape index (κ3) is 4.63. The molecule has 1 amide bonds. The first-order valence-corrected chi connectivity index (χ1v) is 11.9. The molecule has 7 heteroatoms. The molecule has 2 atom stereocenters. The van der Waals surface area contributed by atoms with Gasteiger partial charge in [0, 0.05) is 28.4 Å². The SMILES string of the molecule is COc1ccc(S[C@@H]2C[C@@H](C(=O)Nc3ccc4sc(C)nc4c3)N(C(C)C)C2)cc1. The van der Waals surface area contributed by atoms with Crippen molar-refractivity contribution in [3.05, 3.63) is 47.5 Å². The summed E-state index contributed by atoms with van der Waals surface area (Å²) in [6, 6.07) is 14.3. The highest BCUT2D eigenvalue weighted by molar-refractivity contribution is 8.00. The second kappa shape index (κ2) is 8.96. The van der Waals surface area contributed by atoms with E-state index in [0.717, 1.165) is 39.6 Å². The summed E-state index contributed by atoms with van der Waals surface area (Å²) in [6.07, 6.45) is 0.832. The van der Waals surface area contributed by atoms with Crippen LogP contribution in [0, 0.1) is 6.92 Å². The zero-order chi connectivity index (χ0) is 21.3. The fraction of sp³-hybridized carbons (Fsp3) is 0.391. The zero-order valence-corrected chi connectivity index (χ0v) is 19.3. The van der Waals surface area contributed by atoms with Gasteiger partial charge >= 0.3 is 0 Å². The average molecular weight is 442 g/mol. The van der Waals surface area contributed by atoms with E-state index in [9.17, 15) is 4.79 Å². The number of fused-ring (bicyclic) bond motifs is 1. The summed E-state index contributed by atoms with van der Waals surface area (Å²) in [7, 11) is 1.68. The molecule has 1 N–H and O–H groups in total. The smallest absolute Gasteiger partial charge is 0.241 e. The van der Waals surface area contributed by atoms with Gasteiger partial charge in [-0.25, -0.2) is 4.98 Å². The predicted octanol–water partition coefficient (Wildman–Crippen LogP) is 5.20. The lowest BCUT2D eigenvalue weighted by atomic mass is 10.1. The minimum atomic E-state index is -0.131. The molecular formula is C23H27N3O2S2. The van der Waals surface area contributed by atoms with E-state index in [1.165, 1.54) is 4.90 Å². The van der Waals surface area contributed by atoms with E-state index in [2.05, 4.69) is 41.2 Å². The van der Waals surface area contributed by atoms with E-state index < -0.39 is 0 Å². The molecule has 2 aromatic carbocycles. The van der Waals surface area contributed by atoms with E-state index in [4.69, 9.17) is 4.74 Å². The van der Waals surface area contributed by atoms with Gasteiger partial charge in [0.25, 0.3) is 0 Å². The molecule has 3 aromatic rings. The van der Waals surface area contributed by atoms with Crippen LogP contribution in [0.2, 0.25) is 0 Å². The van der Waals surface area contributed by atoms with Gasteiger partial charge in [-0.2, -0.15) is 0 Å². The van der Waals surface area contributed by atoms with Crippen molar-refractivity contribution < 1.29 is 9.53 Å². The van der Waals surface area contributed by atoms with Crippen LogP contribution in [0.15, 0.2) is 47.4 Å². The predicted molar refractivity (Wildman–Crippen MR) is 126 cm³/mol. The quantitative estimate of drug-likeness (QED) is 0.570. The number of rotatable bonds is 6. The van der Waals surface area contributed by atoms with Crippen LogP contribution in [0.3, 0.4) is 0 Å². The average Bonchev–Trinajstić information content (AvgIpc) is 3.31. The first-order chi connectivity index (χ1) is 14.4. The zero-order valence-electron chi connectivity index (χ0n) is 17.7. The van der Waals surface area contributed by atoms with Crippen LogP contribution in [-0.2, 0) is 4.79 Å². The van der Waals surface area contributed by atoms with Gasteiger partial charge in [0.2, 0.25) is 5.91 Å². The molecule has 2 heterocycles. The molecule has 30 heavy (non-hydrogen) atoms. The number of methoxy groups -OCH3 is 1. The lowest BCUT2D eigenvalue weighted by Gasteiger charge is -2.27. The summed E-state index contributed by atoms with van der Waals surface area (Å²) >= 11 is 3.51. The monoisotopic (exact) mass is 441 g/mol. The number of carbonyl (C=O) groups is 1. The number of anilines is 1. The second-order valence-corrected chi connectivity index (χ2v) is 10.5. The number of hydrogen-bond donors (Lipinski definition) is 1. The number of ether oxygens (including phenoxy) is 1. The minimum Gasteiger partial charge on any atom is -0.497 e. The molecule has 1 fully saturated rings. The van der Waals surface area contributed by atoms with Crippen molar-refractivity contribution >= 4 is 44.9 Å². The van der Waals surface area contributed by atoms with E-state index in [-0.39, 0.29) is 11.9 Å². The highest BCUT2D eigenvalue weighted by atomic mass is 32.2. The van der Waals surface area contributed by atoms with Crippen molar-refractivity contribution in [2.45, 2.75) is 49.4 Å². The maximum atomic E-state index is 13.2. The largest absolute Gasteiger partial charge is 0.497 e. The third-order valence-electron chi connectivity index (χ3n) is 5.39.